The van der Waals surface area contributed by atoms with Gasteiger partial charge in [0.25, 0.3) is 0 Å². The van der Waals surface area contributed by atoms with Crippen LogP contribution >= 0.6 is 11.6 Å². The fraction of sp³-hybridized carbons (Fsp3) is 0.364. The van der Waals surface area contributed by atoms with Crippen molar-refractivity contribution < 1.29 is 9.13 Å². The number of ether oxygens (including phenoxy) is 1. The van der Waals surface area contributed by atoms with Crippen molar-refractivity contribution in [1.29, 1.82) is 5.41 Å². The van der Waals surface area contributed by atoms with Gasteiger partial charge in [-0.2, -0.15) is 0 Å². The number of rotatable bonds is 5. The molecule has 1 N–H and O–H groups in total. The molecule has 0 aliphatic rings. The summed E-state index contributed by atoms with van der Waals surface area (Å²) in [5.74, 6) is 0.487. The fourth-order valence-corrected chi connectivity index (χ4v) is 1.48. The van der Waals surface area contributed by atoms with Gasteiger partial charge in [0.2, 0.25) is 0 Å². The molecule has 0 amide bonds. The van der Waals surface area contributed by atoms with Crippen molar-refractivity contribution in [3.05, 3.63) is 28.8 Å². The Labute approximate surface area is 93.5 Å². The zero-order chi connectivity index (χ0) is 11.3. The Morgan fingerprint density at radius 1 is 1.53 bits per heavy atom. The lowest BCUT2D eigenvalue weighted by Crippen LogP contribution is -2.00. The van der Waals surface area contributed by atoms with Crippen LogP contribution < -0.4 is 4.74 Å². The Balaban J connectivity index is 2.74. The number of nitrogens with one attached hydrogen (secondary N) is 1. The predicted molar refractivity (Wildman–Crippen MR) is 60.0 cm³/mol. The number of alkyl halides is 1. The van der Waals surface area contributed by atoms with E-state index < -0.39 is 6.67 Å². The van der Waals surface area contributed by atoms with Gasteiger partial charge >= 0.3 is 0 Å². The van der Waals surface area contributed by atoms with Crippen molar-refractivity contribution in [2.75, 3.05) is 13.3 Å². The normalized spacial score (nSPS) is 10.1. The molecule has 0 aliphatic heterocycles. The molecule has 0 fully saturated rings. The smallest absolute Gasteiger partial charge is 0.138 e. The highest BCUT2D eigenvalue weighted by atomic mass is 35.5. The molecule has 1 rings (SSSR count). The van der Waals surface area contributed by atoms with Crippen molar-refractivity contribution in [1.82, 2.24) is 0 Å². The average Bonchev–Trinajstić information content (AvgIpc) is 2.15. The molecule has 0 radical (unpaired) electrons. The monoisotopic (exact) mass is 229 g/mol. The fourth-order valence-electron chi connectivity index (χ4n) is 1.23. The molecule has 0 atom stereocenters. The molecular weight excluding hydrogens is 217 g/mol. The molecule has 1 aromatic carbocycles. The third-order valence-electron chi connectivity index (χ3n) is 1.80. The van der Waals surface area contributed by atoms with Crippen LogP contribution in [0.3, 0.4) is 0 Å². The van der Waals surface area contributed by atoms with Crippen LogP contribution in [0.1, 0.15) is 12.5 Å². The van der Waals surface area contributed by atoms with Gasteiger partial charge in [0.05, 0.1) is 5.02 Å². The Morgan fingerprint density at radius 2 is 2.27 bits per heavy atom. The third-order valence-corrected chi connectivity index (χ3v) is 2.10. The van der Waals surface area contributed by atoms with E-state index in [-0.39, 0.29) is 6.61 Å². The van der Waals surface area contributed by atoms with Crippen molar-refractivity contribution in [3.8, 4) is 5.75 Å². The highest BCUT2D eigenvalue weighted by Crippen LogP contribution is 2.25. The van der Waals surface area contributed by atoms with E-state index in [2.05, 4.69) is 0 Å². The Bertz CT molecular complexity index is 354. The molecule has 0 spiro atoms. The molecule has 0 aromatic heterocycles. The minimum absolute atomic E-state index is 0.0165. The minimum Gasteiger partial charge on any atom is -0.489 e. The Morgan fingerprint density at radius 3 is 2.80 bits per heavy atom. The van der Waals surface area contributed by atoms with Crippen molar-refractivity contribution in [2.24, 2.45) is 0 Å². The van der Waals surface area contributed by atoms with Gasteiger partial charge in [-0.15, -0.1) is 0 Å². The van der Waals surface area contributed by atoms with E-state index in [4.69, 9.17) is 21.7 Å². The molecule has 0 saturated heterocycles. The van der Waals surface area contributed by atoms with E-state index in [1.165, 1.54) is 0 Å². The summed E-state index contributed by atoms with van der Waals surface area (Å²) in [6, 6.07) is 5.28. The van der Waals surface area contributed by atoms with Crippen molar-refractivity contribution >= 4 is 17.3 Å². The van der Waals surface area contributed by atoms with Crippen LogP contribution in [0.15, 0.2) is 18.2 Å². The van der Waals surface area contributed by atoms with Gasteiger partial charge in [0, 0.05) is 12.1 Å². The van der Waals surface area contributed by atoms with Crippen molar-refractivity contribution in [3.63, 3.8) is 0 Å². The van der Waals surface area contributed by atoms with Crippen LogP contribution in [0.25, 0.3) is 0 Å². The van der Waals surface area contributed by atoms with Gasteiger partial charge < -0.3 is 10.1 Å². The van der Waals surface area contributed by atoms with Gasteiger partial charge in [-0.25, -0.2) is 4.39 Å². The lowest BCUT2D eigenvalue weighted by atomic mass is 10.1. The summed E-state index contributed by atoms with van der Waals surface area (Å²) in [6.45, 7) is 1.22. The maximum Gasteiger partial charge on any atom is 0.138 e. The highest BCUT2D eigenvalue weighted by Gasteiger charge is 2.03. The second-order valence-electron chi connectivity index (χ2n) is 3.26. The van der Waals surface area contributed by atoms with Gasteiger partial charge in [0.1, 0.15) is 19.0 Å². The van der Waals surface area contributed by atoms with E-state index in [0.717, 1.165) is 5.56 Å². The van der Waals surface area contributed by atoms with Gasteiger partial charge in [-0.1, -0.05) is 17.7 Å². The van der Waals surface area contributed by atoms with E-state index in [0.29, 0.717) is 22.9 Å². The highest BCUT2D eigenvalue weighted by molar-refractivity contribution is 6.32. The second-order valence-corrected chi connectivity index (χ2v) is 3.67. The first-order chi connectivity index (χ1) is 7.13. The van der Waals surface area contributed by atoms with E-state index in [9.17, 15) is 4.39 Å². The third kappa shape index (κ3) is 3.88. The van der Waals surface area contributed by atoms with Crippen molar-refractivity contribution in [2.45, 2.75) is 13.3 Å². The molecular formula is C11H13ClFNO. The van der Waals surface area contributed by atoms with E-state index in [1.807, 2.05) is 6.07 Å². The van der Waals surface area contributed by atoms with Gasteiger partial charge in [0.15, 0.2) is 0 Å². The molecule has 0 saturated carbocycles. The summed E-state index contributed by atoms with van der Waals surface area (Å²) in [5, 5.41) is 7.80. The number of hydrogen-bond acceptors (Lipinski definition) is 2. The molecule has 82 valence electrons. The lowest BCUT2D eigenvalue weighted by Gasteiger charge is -2.07. The summed E-state index contributed by atoms with van der Waals surface area (Å²) >= 11 is 5.93. The maximum absolute atomic E-state index is 11.9. The molecule has 0 bridgehead atoms. The zero-order valence-corrected chi connectivity index (χ0v) is 9.27. The minimum atomic E-state index is -0.530. The molecule has 0 unspecified atom stereocenters. The summed E-state index contributed by atoms with van der Waals surface area (Å²) in [4.78, 5) is 0. The van der Waals surface area contributed by atoms with Crippen LogP contribution in [0.5, 0.6) is 5.75 Å². The Kier molecular flexibility index (Phi) is 4.56. The zero-order valence-electron chi connectivity index (χ0n) is 8.52. The van der Waals surface area contributed by atoms with Gasteiger partial charge in [-0.3, -0.25) is 0 Å². The summed E-state index contributed by atoms with van der Waals surface area (Å²) in [6.07, 6.45) is 0.573. The topological polar surface area (TPSA) is 33.1 Å². The second kappa shape index (κ2) is 5.71. The first-order valence-electron chi connectivity index (χ1n) is 4.64. The van der Waals surface area contributed by atoms with Crippen LogP contribution in [0.4, 0.5) is 4.39 Å². The Hall–Kier alpha value is -1.09. The summed E-state index contributed by atoms with van der Waals surface area (Å²) in [5.41, 5.74) is 1.53. The molecule has 15 heavy (non-hydrogen) atoms. The molecule has 0 heterocycles. The average molecular weight is 230 g/mol. The van der Waals surface area contributed by atoms with Crippen LogP contribution in [0, 0.1) is 5.41 Å². The summed E-state index contributed by atoms with van der Waals surface area (Å²) < 4.78 is 17.0. The SMILES string of the molecule is CC(=N)Cc1ccc(OCCF)c(Cl)c1. The predicted octanol–water partition coefficient (Wildman–Crippen LogP) is 3.27. The van der Waals surface area contributed by atoms with Crippen LogP contribution in [0.2, 0.25) is 5.02 Å². The largest absolute Gasteiger partial charge is 0.489 e. The lowest BCUT2D eigenvalue weighted by molar-refractivity contribution is 0.273. The van der Waals surface area contributed by atoms with E-state index in [1.54, 1.807) is 19.1 Å². The first-order valence-corrected chi connectivity index (χ1v) is 5.02. The number of hydrogen-bond donors (Lipinski definition) is 1. The number of benzene rings is 1. The summed E-state index contributed by atoms with van der Waals surface area (Å²) in [7, 11) is 0. The maximum atomic E-state index is 11.9. The number of halogens is 2. The standard InChI is InChI=1S/C11H13ClFNO/c1-8(14)6-9-2-3-11(10(12)7-9)15-5-4-13/h2-3,7,14H,4-6H2,1H3. The van der Waals surface area contributed by atoms with Crippen LogP contribution in [-0.4, -0.2) is 19.0 Å². The molecule has 2 nitrogen and oxygen atoms in total. The van der Waals surface area contributed by atoms with Gasteiger partial charge in [-0.05, 0) is 24.6 Å². The van der Waals surface area contributed by atoms with E-state index >= 15 is 0 Å². The molecule has 1 aromatic rings. The molecule has 0 aliphatic carbocycles. The van der Waals surface area contributed by atoms with Crippen LogP contribution in [-0.2, 0) is 6.42 Å². The molecule has 4 heteroatoms. The first kappa shape index (κ1) is 12.0. The quantitative estimate of drug-likeness (QED) is 0.773.